The number of hydrogen-bond acceptors (Lipinski definition) is 6. The van der Waals surface area contributed by atoms with Crippen molar-refractivity contribution in [1.82, 2.24) is 15.1 Å². The summed E-state index contributed by atoms with van der Waals surface area (Å²) in [6.07, 6.45) is 3.99. The summed E-state index contributed by atoms with van der Waals surface area (Å²) < 4.78 is 16.4. The fourth-order valence-electron chi connectivity index (χ4n) is 4.26. The molecule has 4 rings (SSSR count). The van der Waals surface area contributed by atoms with Crippen molar-refractivity contribution in [1.29, 1.82) is 0 Å². The molecule has 0 spiro atoms. The molecule has 35 heavy (non-hydrogen) atoms. The largest absolute Gasteiger partial charge is 0.489 e. The number of halogens is 1. The van der Waals surface area contributed by atoms with Crippen LogP contribution in [0, 0.1) is 0 Å². The van der Waals surface area contributed by atoms with E-state index < -0.39 is 0 Å². The molecular formula is C27H30ClN3O4. The number of nitrogens with zero attached hydrogens (tertiary/aromatic N) is 2. The molecule has 0 radical (unpaired) electrons. The second-order valence-electron chi connectivity index (χ2n) is 8.65. The predicted octanol–water partition coefficient (Wildman–Crippen LogP) is 7.16. The predicted molar refractivity (Wildman–Crippen MR) is 137 cm³/mol. The van der Waals surface area contributed by atoms with Crippen molar-refractivity contribution in [3.63, 3.8) is 0 Å². The minimum atomic E-state index is -0.156. The lowest BCUT2D eigenvalue weighted by molar-refractivity contribution is -0.143. The first-order valence-electron chi connectivity index (χ1n) is 12.0. The molecule has 8 heteroatoms. The van der Waals surface area contributed by atoms with Gasteiger partial charge in [0.25, 0.3) is 5.89 Å². The monoisotopic (exact) mass is 495 g/mol. The molecule has 2 aromatic heterocycles. The molecule has 184 valence electrons. The van der Waals surface area contributed by atoms with Crippen LogP contribution >= 0.6 is 11.6 Å². The number of nitrogens with one attached hydrogen (secondary N) is 1. The quantitative estimate of drug-likeness (QED) is 0.235. The molecule has 1 unspecified atom stereocenters. The molecule has 1 N–H and O–H groups in total. The number of ether oxygens (including phenoxy) is 2. The third kappa shape index (κ3) is 5.51. The molecule has 0 amide bonds. The van der Waals surface area contributed by atoms with Crippen LogP contribution in [-0.4, -0.2) is 33.8 Å². The van der Waals surface area contributed by atoms with E-state index in [2.05, 4.69) is 34.2 Å². The summed E-state index contributed by atoms with van der Waals surface area (Å²) in [6.45, 7) is 8.26. The Balaban J connectivity index is 1.61. The number of rotatable bonds is 10. The van der Waals surface area contributed by atoms with E-state index in [1.165, 1.54) is 5.56 Å². The average molecular weight is 496 g/mol. The van der Waals surface area contributed by atoms with Crippen molar-refractivity contribution < 1.29 is 18.8 Å². The summed E-state index contributed by atoms with van der Waals surface area (Å²) in [7, 11) is 0. The zero-order valence-corrected chi connectivity index (χ0v) is 21.2. The molecule has 4 aromatic rings. The van der Waals surface area contributed by atoms with Gasteiger partial charge in [0, 0.05) is 29.1 Å². The van der Waals surface area contributed by atoms with E-state index in [1.807, 2.05) is 39.1 Å². The Kier molecular flexibility index (Phi) is 7.76. The Morgan fingerprint density at radius 1 is 1.17 bits per heavy atom. The molecule has 0 saturated heterocycles. The van der Waals surface area contributed by atoms with Gasteiger partial charge in [0.05, 0.1) is 23.3 Å². The number of hydrogen-bond donors (Lipinski definition) is 1. The summed E-state index contributed by atoms with van der Waals surface area (Å²) >= 11 is 6.39. The summed E-state index contributed by atoms with van der Waals surface area (Å²) in [5.41, 5.74) is 3.68. The van der Waals surface area contributed by atoms with Crippen molar-refractivity contribution in [3.05, 3.63) is 53.2 Å². The molecule has 2 aromatic carbocycles. The van der Waals surface area contributed by atoms with Crippen molar-refractivity contribution in [3.8, 4) is 28.6 Å². The summed E-state index contributed by atoms with van der Waals surface area (Å²) in [6, 6.07) is 11.6. The topological polar surface area (TPSA) is 90.2 Å². The van der Waals surface area contributed by atoms with Crippen LogP contribution in [0.25, 0.3) is 33.7 Å². The van der Waals surface area contributed by atoms with Gasteiger partial charge in [-0.15, -0.1) is 0 Å². The molecule has 1 atom stereocenters. The SMILES string of the molecule is CCOC(=O)CCC(CC)c1ccc(-c2noc(-c3ccc(OC(C)C)c(Cl)c3)n2)c2[nH]ccc12. The fourth-order valence-corrected chi connectivity index (χ4v) is 4.48. The summed E-state index contributed by atoms with van der Waals surface area (Å²) in [5.74, 6) is 1.56. The van der Waals surface area contributed by atoms with E-state index in [4.69, 9.17) is 25.6 Å². The van der Waals surface area contributed by atoms with E-state index in [9.17, 15) is 4.79 Å². The number of carbonyl (C=O) groups excluding carboxylic acids is 1. The van der Waals surface area contributed by atoms with Crippen LogP contribution in [0.15, 0.2) is 47.1 Å². The number of aromatic amines is 1. The molecular weight excluding hydrogens is 466 g/mol. The number of aromatic nitrogens is 3. The fraction of sp³-hybridized carbons (Fsp3) is 0.370. The number of carbonyl (C=O) groups is 1. The molecule has 0 aliphatic carbocycles. The Morgan fingerprint density at radius 2 is 2.00 bits per heavy atom. The third-order valence-corrected chi connectivity index (χ3v) is 6.20. The van der Waals surface area contributed by atoms with Gasteiger partial charge < -0.3 is 19.0 Å². The number of benzene rings is 2. The van der Waals surface area contributed by atoms with Gasteiger partial charge in [-0.2, -0.15) is 4.98 Å². The van der Waals surface area contributed by atoms with E-state index in [-0.39, 0.29) is 18.0 Å². The maximum atomic E-state index is 11.9. The third-order valence-electron chi connectivity index (χ3n) is 5.90. The zero-order valence-electron chi connectivity index (χ0n) is 20.4. The molecule has 2 heterocycles. The first-order valence-corrected chi connectivity index (χ1v) is 12.3. The van der Waals surface area contributed by atoms with E-state index in [1.54, 1.807) is 12.1 Å². The number of fused-ring (bicyclic) bond motifs is 1. The van der Waals surface area contributed by atoms with Crippen LogP contribution in [0.4, 0.5) is 0 Å². The highest BCUT2D eigenvalue weighted by molar-refractivity contribution is 6.32. The Labute approximate surface area is 209 Å². The minimum Gasteiger partial charge on any atom is -0.489 e. The van der Waals surface area contributed by atoms with Gasteiger partial charge in [0.15, 0.2) is 0 Å². The zero-order chi connectivity index (χ0) is 24.9. The number of H-pyrrole nitrogens is 1. The Bertz CT molecular complexity index is 1310. The minimum absolute atomic E-state index is 0.0250. The van der Waals surface area contributed by atoms with Crippen molar-refractivity contribution in [2.75, 3.05) is 6.61 Å². The smallest absolute Gasteiger partial charge is 0.305 e. The lowest BCUT2D eigenvalue weighted by Gasteiger charge is -2.17. The molecule has 0 bridgehead atoms. The van der Waals surface area contributed by atoms with Gasteiger partial charge >= 0.3 is 5.97 Å². The Morgan fingerprint density at radius 3 is 2.71 bits per heavy atom. The lowest BCUT2D eigenvalue weighted by atomic mass is 9.88. The number of esters is 1. The standard InChI is InChI=1S/C27H30ClN3O4/c1-5-17(8-12-24(32)33-6-2)19-9-10-21(25-20(19)13-14-29-25)26-30-27(35-31-26)18-7-11-23(22(28)15-18)34-16(3)4/h7,9-11,13-17,29H,5-6,8,12H2,1-4H3. The van der Waals surface area contributed by atoms with Crippen LogP contribution in [0.3, 0.4) is 0 Å². The van der Waals surface area contributed by atoms with Crippen LogP contribution in [0.1, 0.15) is 58.4 Å². The van der Waals surface area contributed by atoms with Gasteiger partial charge in [-0.05, 0) is 75.4 Å². The van der Waals surface area contributed by atoms with Crippen LogP contribution in [0.5, 0.6) is 5.75 Å². The molecule has 0 fully saturated rings. The summed E-state index contributed by atoms with van der Waals surface area (Å²) in [4.78, 5) is 19.8. The van der Waals surface area contributed by atoms with Crippen LogP contribution in [0.2, 0.25) is 5.02 Å². The van der Waals surface area contributed by atoms with Crippen molar-refractivity contribution in [2.24, 2.45) is 0 Å². The highest BCUT2D eigenvalue weighted by atomic mass is 35.5. The Hall–Kier alpha value is -3.32. The normalized spacial score (nSPS) is 12.3. The highest BCUT2D eigenvalue weighted by Crippen LogP contribution is 2.36. The van der Waals surface area contributed by atoms with Gasteiger partial charge in [-0.3, -0.25) is 4.79 Å². The van der Waals surface area contributed by atoms with E-state index in [0.717, 1.165) is 29.3 Å². The van der Waals surface area contributed by atoms with Crippen LogP contribution in [-0.2, 0) is 9.53 Å². The molecule has 0 aliphatic rings. The lowest BCUT2D eigenvalue weighted by Crippen LogP contribution is -2.07. The van der Waals surface area contributed by atoms with E-state index in [0.29, 0.717) is 41.1 Å². The summed E-state index contributed by atoms with van der Waals surface area (Å²) in [5, 5.41) is 5.80. The second-order valence-corrected chi connectivity index (χ2v) is 9.06. The first-order chi connectivity index (χ1) is 16.9. The van der Waals surface area contributed by atoms with Crippen molar-refractivity contribution >= 4 is 28.5 Å². The molecule has 7 nitrogen and oxygen atoms in total. The second kappa shape index (κ2) is 11.0. The average Bonchev–Trinajstić information content (AvgIpc) is 3.51. The van der Waals surface area contributed by atoms with Gasteiger partial charge in [0.2, 0.25) is 5.82 Å². The maximum Gasteiger partial charge on any atom is 0.305 e. The highest BCUT2D eigenvalue weighted by Gasteiger charge is 2.20. The molecule has 0 saturated carbocycles. The first kappa shape index (κ1) is 24.8. The van der Waals surface area contributed by atoms with Gasteiger partial charge in [-0.25, -0.2) is 0 Å². The molecule has 0 aliphatic heterocycles. The maximum absolute atomic E-state index is 11.9. The van der Waals surface area contributed by atoms with Gasteiger partial charge in [0.1, 0.15) is 5.75 Å². The van der Waals surface area contributed by atoms with Crippen molar-refractivity contribution in [2.45, 2.75) is 59.0 Å². The van der Waals surface area contributed by atoms with E-state index >= 15 is 0 Å². The van der Waals surface area contributed by atoms with Gasteiger partial charge in [-0.1, -0.05) is 29.7 Å². The van der Waals surface area contributed by atoms with Crippen LogP contribution < -0.4 is 4.74 Å².